The van der Waals surface area contributed by atoms with Gasteiger partial charge >= 0.3 is 0 Å². The average molecular weight is 358 g/mol. The molecule has 144 valence electrons. The lowest BCUT2D eigenvalue weighted by molar-refractivity contribution is -0.107. The molecule has 1 aromatic heterocycles. The fourth-order valence-electron chi connectivity index (χ4n) is 4.78. The van der Waals surface area contributed by atoms with Crippen LogP contribution < -0.4 is 4.90 Å². The summed E-state index contributed by atoms with van der Waals surface area (Å²) >= 11 is 0. The summed E-state index contributed by atoms with van der Waals surface area (Å²) in [6.45, 7) is 8.74. The number of rotatable bonds is 4. The maximum absolute atomic E-state index is 9.17. The Bertz CT molecular complexity index is 564. The normalized spacial score (nSPS) is 22.4. The minimum absolute atomic E-state index is 0.639. The molecule has 0 radical (unpaired) electrons. The van der Waals surface area contributed by atoms with Crippen molar-refractivity contribution in [2.75, 3.05) is 18.0 Å². The molecule has 26 heavy (non-hydrogen) atoms. The van der Waals surface area contributed by atoms with Crippen LogP contribution in [0.5, 0.6) is 0 Å². The van der Waals surface area contributed by atoms with Gasteiger partial charge in [0.15, 0.2) is 0 Å². The Morgan fingerprint density at radius 3 is 2.19 bits per heavy atom. The quantitative estimate of drug-likeness (QED) is 0.712. The molecule has 0 N–H and O–H groups in total. The Hall–Kier alpha value is -1.45. The first-order chi connectivity index (χ1) is 12.6. The third-order valence-electron chi connectivity index (χ3n) is 6.83. The van der Waals surface area contributed by atoms with Gasteiger partial charge in [-0.05, 0) is 67.3 Å². The first kappa shape index (κ1) is 19.3. The Balaban J connectivity index is 0.000000447. The van der Waals surface area contributed by atoms with E-state index in [1.54, 1.807) is 0 Å². The third-order valence-corrected chi connectivity index (χ3v) is 6.83. The maximum Gasteiger partial charge on any atom is 0.225 e. The molecule has 1 saturated heterocycles. The number of nitrogens with zero attached hydrogens (tertiary/aromatic N) is 3. The van der Waals surface area contributed by atoms with Crippen LogP contribution in [-0.4, -0.2) is 29.3 Å². The Morgan fingerprint density at radius 2 is 1.77 bits per heavy atom. The molecule has 2 heterocycles. The molecule has 0 amide bonds. The van der Waals surface area contributed by atoms with Gasteiger partial charge in [-0.2, -0.15) is 0 Å². The van der Waals surface area contributed by atoms with Gasteiger partial charge in [0.25, 0.3) is 0 Å². The summed E-state index contributed by atoms with van der Waals surface area (Å²) in [6.07, 6.45) is 15.4. The zero-order chi connectivity index (χ0) is 18.6. The van der Waals surface area contributed by atoms with Gasteiger partial charge in [0.1, 0.15) is 6.29 Å². The predicted molar refractivity (Wildman–Crippen MR) is 106 cm³/mol. The van der Waals surface area contributed by atoms with E-state index in [1.165, 1.54) is 50.5 Å². The lowest BCUT2D eigenvalue weighted by Gasteiger charge is -2.54. The van der Waals surface area contributed by atoms with E-state index in [0.717, 1.165) is 48.5 Å². The van der Waals surface area contributed by atoms with E-state index in [2.05, 4.69) is 41.1 Å². The summed E-state index contributed by atoms with van der Waals surface area (Å²) in [6, 6.07) is 0. The Labute approximate surface area is 158 Å². The van der Waals surface area contributed by atoms with Gasteiger partial charge in [-0.15, -0.1) is 0 Å². The minimum Gasteiger partial charge on any atom is -0.341 e. The predicted octanol–water partition coefficient (Wildman–Crippen LogP) is 4.99. The highest BCUT2D eigenvalue weighted by molar-refractivity contribution is 5.48. The van der Waals surface area contributed by atoms with Crippen molar-refractivity contribution in [1.29, 1.82) is 0 Å². The number of anilines is 1. The van der Waals surface area contributed by atoms with E-state index < -0.39 is 0 Å². The molecule has 0 atom stereocenters. The Kier molecular flexibility index (Phi) is 6.31. The first-order valence-corrected chi connectivity index (χ1v) is 10.6. The molecule has 3 fully saturated rings. The Morgan fingerprint density at radius 1 is 1.19 bits per heavy atom. The SMILES string of the molecule is CC(C)C1CCN(c2ncc(C3CC4(CCC4)C3)cn2)CC1.CCC=O. The van der Waals surface area contributed by atoms with Crippen molar-refractivity contribution in [3.63, 3.8) is 0 Å². The smallest absolute Gasteiger partial charge is 0.225 e. The van der Waals surface area contributed by atoms with Gasteiger partial charge in [0.2, 0.25) is 5.95 Å². The largest absolute Gasteiger partial charge is 0.341 e. The molecule has 3 aliphatic rings. The monoisotopic (exact) mass is 357 g/mol. The highest BCUT2D eigenvalue weighted by atomic mass is 16.1. The second-order valence-corrected chi connectivity index (χ2v) is 8.92. The molecule has 0 bridgehead atoms. The molecule has 4 nitrogen and oxygen atoms in total. The zero-order valence-corrected chi connectivity index (χ0v) is 16.8. The standard InChI is InChI=1S/C19H29N3.C3H6O/c1-14(2)15-4-8-22(9-5-15)18-20-12-17(13-21-18)16-10-19(11-16)6-3-7-19;1-2-3-4/h12-16H,3-11H2,1-2H3;3H,2H2,1H3. The van der Waals surface area contributed by atoms with Crippen LogP contribution in [0.1, 0.15) is 83.6 Å². The van der Waals surface area contributed by atoms with Gasteiger partial charge in [0.05, 0.1) is 0 Å². The lowest BCUT2D eigenvalue weighted by Crippen LogP contribution is -2.41. The number of aromatic nitrogens is 2. The van der Waals surface area contributed by atoms with Crippen molar-refractivity contribution in [1.82, 2.24) is 9.97 Å². The van der Waals surface area contributed by atoms with Gasteiger partial charge in [-0.25, -0.2) is 9.97 Å². The van der Waals surface area contributed by atoms with Gasteiger partial charge in [0, 0.05) is 31.9 Å². The number of aldehydes is 1. The van der Waals surface area contributed by atoms with Crippen LogP contribution in [0.25, 0.3) is 0 Å². The molecular formula is C22H35N3O. The molecule has 2 aliphatic carbocycles. The molecular weight excluding hydrogens is 322 g/mol. The molecule has 1 spiro atoms. The van der Waals surface area contributed by atoms with Gasteiger partial charge in [-0.1, -0.05) is 27.2 Å². The summed E-state index contributed by atoms with van der Waals surface area (Å²) < 4.78 is 0. The van der Waals surface area contributed by atoms with Gasteiger partial charge < -0.3 is 9.69 Å². The van der Waals surface area contributed by atoms with Crippen LogP contribution in [0.4, 0.5) is 5.95 Å². The highest BCUT2D eigenvalue weighted by Gasteiger charge is 2.48. The molecule has 2 saturated carbocycles. The molecule has 0 unspecified atom stereocenters. The van der Waals surface area contributed by atoms with E-state index in [4.69, 9.17) is 0 Å². The number of carbonyl (C=O) groups excluding carboxylic acids is 1. The van der Waals surface area contributed by atoms with E-state index in [9.17, 15) is 4.79 Å². The fraction of sp³-hybridized carbons (Fsp3) is 0.773. The summed E-state index contributed by atoms with van der Waals surface area (Å²) in [4.78, 5) is 20.9. The number of hydrogen-bond donors (Lipinski definition) is 0. The second-order valence-electron chi connectivity index (χ2n) is 8.92. The summed E-state index contributed by atoms with van der Waals surface area (Å²) in [5.41, 5.74) is 2.11. The molecule has 0 aromatic carbocycles. The molecule has 4 heteroatoms. The van der Waals surface area contributed by atoms with Gasteiger partial charge in [-0.3, -0.25) is 0 Å². The maximum atomic E-state index is 9.17. The number of piperidine rings is 1. The first-order valence-electron chi connectivity index (χ1n) is 10.6. The van der Waals surface area contributed by atoms with Crippen molar-refractivity contribution in [3.8, 4) is 0 Å². The average Bonchev–Trinajstić information content (AvgIpc) is 2.60. The third kappa shape index (κ3) is 4.27. The summed E-state index contributed by atoms with van der Waals surface area (Å²) in [5, 5.41) is 0. The highest BCUT2D eigenvalue weighted by Crippen LogP contribution is 2.61. The summed E-state index contributed by atoms with van der Waals surface area (Å²) in [7, 11) is 0. The molecule has 4 rings (SSSR count). The fourth-order valence-corrected chi connectivity index (χ4v) is 4.78. The van der Waals surface area contributed by atoms with E-state index in [0.29, 0.717) is 6.42 Å². The van der Waals surface area contributed by atoms with E-state index in [1.807, 2.05) is 6.92 Å². The van der Waals surface area contributed by atoms with Crippen LogP contribution in [0.2, 0.25) is 0 Å². The van der Waals surface area contributed by atoms with Crippen LogP contribution in [0.15, 0.2) is 12.4 Å². The topological polar surface area (TPSA) is 46.1 Å². The minimum atomic E-state index is 0.639. The van der Waals surface area contributed by atoms with Crippen LogP contribution >= 0.6 is 0 Å². The van der Waals surface area contributed by atoms with Crippen LogP contribution in [0, 0.1) is 17.3 Å². The van der Waals surface area contributed by atoms with Crippen molar-refractivity contribution < 1.29 is 4.79 Å². The molecule has 1 aliphatic heterocycles. The van der Waals surface area contributed by atoms with E-state index >= 15 is 0 Å². The van der Waals surface area contributed by atoms with Crippen molar-refractivity contribution in [2.24, 2.45) is 17.3 Å². The van der Waals surface area contributed by atoms with Crippen LogP contribution in [-0.2, 0) is 4.79 Å². The second kappa shape index (κ2) is 8.49. The van der Waals surface area contributed by atoms with Crippen molar-refractivity contribution >= 4 is 12.2 Å². The summed E-state index contributed by atoms with van der Waals surface area (Å²) in [5.74, 6) is 3.37. The number of carbonyl (C=O) groups is 1. The van der Waals surface area contributed by atoms with Crippen molar-refractivity contribution in [3.05, 3.63) is 18.0 Å². The molecule has 1 aromatic rings. The number of hydrogen-bond acceptors (Lipinski definition) is 4. The van der Waals surface area contributed by atoms with Crippen molar-refractivity contribution in [2.45, 2.75) is 78.1 Å². The lowest BCUT2D eigenvalue weighted by atomic mass is 9.51. The van der Waals surface area contributed by atoms with E-state index in [-0.39, 0.29) is 0 Å². The van der Waals surface area contributed by atoms with Crippen LogP contribution in [0.3, 0.4) is 0 Å². The zero-order valence-electron chi connectivity index (χ0n) is 16.8.